The molecule has 0 spiro atoms. The first-order valence-corrected chi connectivity index (χ1v) is 9.40. The lowest BCUT2D eigenvalue weighted by atomic mass is 9.82. The highest BCUT2D eigenvalue weighted by atomic mass is 16.2. The smallest absolute Gasteiger partial charge is 0.234 e. The lowest BCUT2D eigenvalue weighted by Gasteiger charge is -2.37. The fraction of sp³-hybridized carbons (Fsp3) is 0.667. The van der Waals surface area contributed by atoms with Crippen LogP contribution < -0.4 is 10.2 Å². The third-order valence-corrected chi connectivity index (χ3v) is 4.65. The number of hydrogen-bond acceptors (Lipinski definition) is 3. The second-order valence-corrected chi connectivity index (χ2v) is 9.22. The summed E-state index contributed by atoms with van der Waals surface area (Å²) in [6.07, 6.45) is 0.965. The number of para-hydroxylation sites is 1. The van der Waals surface area contributed by atoms with Crippen LogP contribution in [0, 0.1) is 12.3 Å². The number of amides is 1. The van der Waals surface area contributed by atoms with Crippen LogP contribution in [0.2, 0.25) is 0 Å². The SMILES string of the molecule is Cc1ccccc1N1CCN(CC(=O)NC(C)(C)CC(C)(C)C)CC1. The maximum Gasteiger partial charge on any atom is 0.234 e. The number of benzene rings is 1. The van der Waals surface area contributed by atoms with E-state index in [4.69, 9.17) is 0 Å². The maximum atomic E-state index is 12.5. The minimum Gasteiger partial charge on any atom is -0.369 e. The average molecular weight is 346 g/mol. The summed E-state index contributed by atoms with van der Waals surface area (Å²) in [5.74, 6) is 0.138. The van der Waals surface area contributed by atoms with Crippen molar-refractivity contribution in [3.8, 4) is 0 Å². The molecule has 1 N–H and O–H groups in total. The summed E-state index contributed by atoms with van der Waals surface area (Å²) in [6, 6.07) is 8.53. The summed E-state index contributed by atoms with van der Waals surface area (Å²) in [4.78, 5) is 17.1. The standard InChI is InChI=1S/C21H35N3O/c1-17-9-7-8-10-18(17)24-13-11-23(12-14-24)15-19(25)22-21(5,6)16-20(2,3)4/h7-10H,11-16H2,1-6H3,(H,22,25). The molecule has 2 rings (SSSR count). The molecule has 140 valence electrons. The summed E-state index contributed by atoms with van der Waals surface area (Å²) in [6.45, 7) is 17.3. The van der Waals surface area contributed by atoms with Gasteiger partial charge in [-0.25, -0.2) is 0 Å². The van der Waals surface area contributed by atoms with Crippen molar-refractivity contribution >= 4 is 11.6 Å². The summed E-state index contributed by atoms with van der Waals surface area (Å²) < 4.78 is 0. The number of anilines is 1. The predicted molar refractivity (Wildman–Crippen MR) is 106 cm³/mol. The van der Waals surface area contributed by atoms with E-state index in [-0.39, 0.29) is 16.9 Å². The van der Waals surface area contributed by atoms with Crippen LogP contribution in [-0.4, -0.2) is 49.1 Å². The Morgan fingerprint density at radius 1 is 1.04 bits per heavy atom. The van der Waals surface area contributed by atoms with Crippen LogP contribution >= 0.6 is 0 Å². The first kappa shape index (κ1) is 19.8. The molecule has 0 aromatic heterocycles. The number of piperazine rings is 1. The third kappa shape index (κ3) is 6.35. The Morgan fingerprint density at radius 2 is 1.64 bits per heavy atom. The zero-order chi connectivity index (χ0) is 18.7. The Kier molecular flexibility index (Phi) is 6.15. The van der Waals surface area contributed by atoms with Gasteiger partial charge in [0.25, 0.3) is 0 Å². The van der Waals surface area contributed by atoms with E-state index in [2.05, 4.69) is 80.9 Å². The second kappa shape index (κ2) is 7.77. The van der Waals surface area contributed by atoms with Crippen molar-refractivity contribution in [3.63, 3.8) is 0 Å². The van der Waals surface area contributed by atoms with E-state index in [0.717, 1.165) is 32.6 Å². The first-order valence-electron chi connectivity index (χ1n) is 9.40. The number of nitrogens with one attached hydrogen (secondary N) is 1. The molecule has 0 radical (unpaired) electrons. The van der Waals surface area contributed by atoms with Crippen LogP contribution in [0.3, 0.4) is 0 Å². The summed E-state index contributed by atoms with van der Waals surface area (Å²) in [5.41, 5.74) is 2.67. The van der Waals surface area contributed by atoms with Gasteiger partial charge in [0, 0.05) is 37.4 Å². The van der Waals surface area contributed by atoms with E-state index >= 15 is 0 Å². The van der Waals surface area contributed by atoms with Crippen molar-refractivity contribution in [2.45, 2.75) is 53.5 Å². The number of rotatable bonds is 5. The lowest BCUT2D eigenvalue weighted by Crippen LogP contribution is -2.53. The summed E-state index contributed by atoms with van der Waals surface area (Å²) in [5, 5.41) is 3.22. The number of hydrogen-bond donors (Lipinski definition) is 1. The third-order valence-electron chi connectivity index (χ3n) is 4.65. The van der Waals surface area contributed by atoms with Gasteiger partial charge in [-0.05, 0) is 44.2 Å². The molecule has 0 bridgehead atoms. The van der Waals surface area contributed by atoms with E-state index in [0.29, 0.717) is 6.54 Å². The van der Waals surface area contributed by atoms with Crippen LogP contribution in [-0.2, 0) is 4.79 Å². The Hall–Kier alpha value is -1.55. The van der Waals surface area contributed by atoms with Gasteiger partial charge in [0.15, 0.2) is 0 Å². The molecule has 25 heavy (non-hydrogen) atoms. The normalized spacial score (nSPS) is 16.8. The van der Waals surface area contributed by atoms with Crippen molar-refractivity contribution in [3.05, 3.63) is 29.8 Å². The minimum atomic E-state index is -0.168. The molecule has 1 aromatic carbocycles. The molecule has 0 unspecified atom stereocenters. The molecule has 0 aliphatic carbocycles. The van der Waals surface area contributed by atoms with Gasteiger partial charge in [-0.1, -0.05) is 39.0 Å². The quantitative estimate of drug-likeness (QED) is 0.888. The molecule has 1 heterocycles. The molecule has 4 heteroatoms. The molecule has 1 aromatic rings. The van der Waals surface area contributed by atoms with Gasteiger partial charge in [-0.3, -0.25) is 9.69 Å². The molecule has 0 saturated carbocycles. The molecule has 1 amide bonds. The summed E-state index contributed by atoms with van der Waals surface area (Å²) in [7, 11) is 0. The van der Waals surface area contributed by atoms with Crippen LogP contribution in [0.25, 0.3) is 0 Å². The molecular formula is C21H35N3O. The molecular weight excluding hydrogens is 310 g/mol. The molecule has 1 saturated heterocycles. The fourth-order valence-corrected chi connectivity index (χ4v) is 4.06. The van der Waals surface area contributed by atoms with E-state index in [1.54, 1.807) is 0 Å². The Bertz CT molecular complexity index is 581. The lowest BCUT2D eigenvalue weighted by molar-refractivity contribution is -0.124. The van der Waals surface area contributed by atoms with E-state index in [1.165, 1.54) is 11.3 Å². The minimum absolute atomic E-state index is 0.138. The summed E-state index contributed by atoms with van der Waals surface area (Å²) >= 11 is 0. The number of carbonyl (C=O) groups excluding carboxylic acids is 1. The molecule has 1 aliphatic heterocycles. The zero-order valence-electron chi connectivity index (χ0n) is 16.9. The van der Waals surface area contributed by atoms with Gasteiger partial charge in [-0.2, -0.15) is 0 Å². The number of aryl methyl sites for hydroxylation is 1. The largest absolute Gasteiger partial charge is 0.369 e. The number of nitrogens with zero attached hydrogens (tertiary/aromatic N) is 2. The van der Waals surface area contributed by atoms with Gasteiger partial charge in [0.05, 0.1) is 6.54 Å². The van der Waals surface area contributed by atoms with Crippen molar-refractivity contribution in [1.29, 1.82) is 0 Å². The van der Waals surface area contributed by atoms with Gasteiger partial charge in [0.1, 0.15) is 0 Å². The van der Waals surface area contributed by atoms with Crippen molar-refractivity contribution < 1.29 is 4.79 Å². The van der Waals surface area contributed by atoms with Crippen molar-refractivity contribution in [2.75, 3.05) is 37.6 Å². The number of carbonyl (C=O) groups is 1. The highest BCUT2D eigenvalue weighted by Crippen LogP contribution is 2.26. The monoisotopic (exact) mass is 345 g/mol. The van der Waals surface area contributed by atoms with E-state index in [9.17, 15) is 4.79 Å². The highest BCUT2D eigenvalue weighted by Gasteiger charge is 2.28. The molecule has 1 aliphatic rings. The van der Waals surface area contributed by atoms with Crippen LogP contribution in [0.5, 0.6) is 0 Å². The van der Waals surface area contributed by atoms with Gasteiger partial charge in [0.2, 0.25) is 5.91 Å². The van der Waals surface area contributed by atoms with Gasteiger partial charge < -0.3 is 10.2 Å². The van der Waals surface area contributed by atoms with Gasteiger partial charge in [-0.15, -0.1) is 0 Å². The second-order valence-electron chi connectivity index (χ2n) is 9.22. The molecule has 1 fully saturated rings. The maximum absolute atomic E-state index is 12.5. The molecule has 0 atom stereocenters. The van der Waals surface area contributed by atoms with Crippen molar-refractivity contribution in [2.24, 2.45) is 5.41 Å². The van der Waals surface area contributed by atoms with E-state index in [1.807, 2.05) is 0 Å². The van der Waals surface area contributed by atoms with Crippen LogP contribution in [0.4, 0.5) is 5.69 Å². The Balaban J connectivity index is 1.82. The molecule has 4 nitrogen and oxygen atoms in total. The zero-order valence-corrected chi connectivity index (χ0v) is 16.9. The topological polar surface area (TPSA) is 35.6 Å². The highest BCUT2D eigenvalue weighted by molar-refractivity contribution is 5.78. The van der Waals surface area contributed by atoms with E-state index < -0.39 is 0 Å². The fourth-order valence-electron chi connectivity index (χ4n) is 4.06. The first-order chi connectivity index (χ1) is 11.6. The van der Waals surface area contributed by atoms with Crippen LogP contribution in [0.15, 0.2) is 24.3 Å². The Labute approximate surface area is 153 Å². The van der Waals surface area contributed by atoms with Crippen LogP contribution in [0.1, 0.15) is 46.6 Å². The van der Waals surface area contributed by atoms with Crippen molar-refractivity contribution in [1.82, 2.24) is 10.2 Å². The van der Waals surface area contributed by atoms with Gasteiger partial charge >= 0.3 is 0 Å². The average Bonchev–Trinajstić information content (AvgIpc) is 2.45. The predicted octanol–water partition coefficient (Wildman–Crippen LogP) is 3.45. The Morgan fingerprint density at radius 3 is 2.20 bits per heavy atom.